The molecule has 1 unspecified atom stereocenters. The van der Waals surface area contributed by atoms with Crippen molar-refractivity contribution in [3.05, 3.63) is 70.3 Å². The molecule has 8 heteroatoms. The highest BCUT2D eigenvalue weighted by atomic mass is 32.1. The number of nitro groups is 1. The van der Waals surface area contributed by atoms with Crippen molar-refractivity contribution < 1.29 is 14.6 Å². The van der Waals surface area contributed by atoms with Gasteiger partial charge in [0, 0.05) is 29.9 Å². The maximum absolute atomic E-state index is 10.7. The first-order chi connectivity index (χ1) is 13.1. The third-order valence-corrected chi connectivity index (χ3v) is 4.70. The third kappa shape index (κ3) is 5.99. The van der Waals surface area contributed by atoms with E-state index in [0.29, 0.717) is 17.3 Å². The van der Waals surface area contributed by atoms with E-state index in [1.165, 1.54) is 22.6 Å². The molecule has 0 radical (unpaired) electrons. The zero-order chi connectivity index (χ0) is 19.1. The minimum Gasteiger partial charge on any atom is -0.365 e. The smallest absolute Gasteiger partial charge is 0.269 e. The molecule has 1 aliphatic heterocycles. The SMILES string of the molecule is O=[N+]([O-])c1ccc(NC(=S)NC[C@H]2C[NH+](Cc3ccccc3)CCO2)cc1. The van der Waals surface area contributed by atoms with Crippen LogP contribution in [-0.4, -0.2) is 42.4 Å². The second kappa shape index (κ2) is 9.40. The van der Waals surface area contributed by atoms with Gasteiger partial charge in [-0.1, -0.05) is 30.3 Å². The number of non-ortho nitro benzene ring substituents is 1. The molecule has 1 heterocycles. The van der Waals surface area contributed by atoms with Crippen LogP contribution in [0.1, 0.15) is 5.56 Å². The van der Waals surface area contributed by atoms with Crippen LogP contribution in [0.15, 0.2) is 54.6 Å². The zero-order valence-electron chi connectivity index (χ0n) is 14.9. The molecule has 0 bridgehead atoms. The number of quaternary nitrogens is 1. The molecule has 0 spiro atoms. The average molecular weight is 387 g/mol. The summed E-state index contributed by atoms with van der Waals surface area (Å²) in [6.07, 6.45) is 0.0917. The lowest BCUT2D eigenvalue weighted by molar-refractivity contribution is -0.925. The van der Waals surface area contributed by atoms with Gasteiger partial charge < -0.3 is 20.3 Å². The highest BCUT2D eigenvalue weighted by molar-refractivity contribution is 7.80. The molecule has 1 saturated heterocycles. The number of hydrogen-bond donors (Lipinski definition) is 3. The van der Waals surface area contributed by atoms with Crippen LogP contribution in [0.5, 0.6) is 0 Å². The number of nitro benzene ring substituents is 1. The number of ether oxygens (including phenoxy) is 1. The first-order valence-corrected chi connectivity index (χ1v) is 9.29. The Bertz CT molecular complexity index is 770. The molecule has 3 rings (SSSR count). The Morgan fingerprint density at radius 2 is 1.96 bits per heavy atom. The number of anilines is 1. The molecule has 0 aromatic heterocycles. The summed E-state index contributed by atoms with van der Waals surface area (Å²) in [5.74, 6) is 0. The fraction of sp³-hybridized carbons (Fsp3) is 0.316. The molecule has 142 valence electrons. The second-order valence-corrected chi connectivity index (χ2v) is 6.91. The van der Waals surface area contributed by atoms with Crippen LogP contribution in [-0.2, 0) is 11.3 Å². The van der Waals surface area contributed by atoms with Crippen LogP contribution < -0.4 is 15.5 Å². The number of hydrogen-bond acceptors (Lipinski definition) is 4. The Kier molecular flexibility index (Phi) is 6.69. The predicted octanol–water partition coefficient (Wildman–Crippen LogP) is 1.37. The first kappa shape index (κ1) is 19.2. The molecule has 0 amide bonds. The summed E-state index contributed by atoms with van der Waals surface area (Å²) in [6.45, 7) is 4.26. The van der Waals surface area contributed by atoms with Crippen molar-refractivity contribution in [3.8, 4) is 0 Å². The van der Waals surface area contributed by atoms with Gasteiger partial charge in [-0.3, -0.25) is 10.1 Å². The van der Waals surface area contributed by atoms with Crippen LogP contribution in [0.4, 0.5) is 11.4 Å². The molecule has 0 aliphatic carbocycles. The molecule has 7 nitrogen and oxygen atoms in total. The number of nitrogens with one attached hydrogen (secondary N) is 3. The Morgan fingerprint density at radius 3 is 2.67 bits per heavy atom. The van der Waals surface area contributed by atoms with Gasteiger partial charge >= 0.3 is 0 Å². The van der Waals surface area contributed by atoms with Crippen molar-refractivity contribution in [1.29, 1.82) is 0 Å². The quantitative estimate of drug-likeness (QED) is 0.395. The van der Waals surface area contributed by atoms with E-state index in [1.54, 1.807) is 12.1 Å². The Morgan fingerprint density at radius 1 is 1.22 bits per heavy atom. The van der Waals surface area contributed by atoms with Crippen molar-refractivity contribution in [2.75, 3.05) is 31.6 Å². The predicted molar refractivity (Wildman–Crippen MR) is 108 cm³/mol. The van der Waals surface area contributed by atoms with Gasteiger partial charge in [-0.25, -0.2) is 0 Å². The largest absolute Gasteiger partial charge is 0.365 e. The van der Waals surface area contributed by atoms with Crippen LogP contribution in [0, 0.1) is 10.1 Å². The third-order valence-electron chi connectivity index (χ3n) is 4.45. The molecule has 2 aromatic carbocycles. The number of morpholine rings is 1. The van der Waals surface area contributed by atoms with Crippen molar-refractivity contribution in [3.63, 3.8) is 0 Å². The summed E-state index contributed by atoms with van der Waals surface area (Å²) >= 11 is 5.30. The fourth-order valence-corrected chi connectivity index (χ4v) is 3.28. The molecule has 27 heavy (non-hydrogen) atoms. The maximum Gasteiger partial charge on any atom is 0.269 e. The van der Waals surface area contributed by atoms with Gasteiger partial charge in [-0.05, 0) is 24.4 Å². The topological polar surface area (TPSA) is 80.9 Å². The van der Waals surface area contributed by atoms with Crippen molar-refractivity contribution in [1.82, 2.24) is 5.32 Å². The molecule has 1 aliphatic rings. The van der Waals surface area contributed by atoms with Gasteiger partial charge in [0.1, 0.15) is 25.7 Å². The molecule has 2 aromatic rings. The highest BCUT2D eigenvalue weighted by Gasteiger charge is 2.23. The van der Waals surface area contributed by atoms with Gasteiger partial charge in [0.25, 0.3) is 5.69 Å². The van der Waals surface area contributed by atoms with E-state index in [4.69, 9.17) is 17.0 Å². The van der Waals surface area contributed by atoms with E-state index in [9.17, 15) is 10.1 Å². The molecule has 2 atom stereocenters. The number of benzene rings is 2. The van der Waals surface area contributed by atoms with Gasteiger partial charge in [-0.2, -0.15) is 0 Å². The van der Waals surface area contributed by atoms with E-state index in [-0.39, 0.29) is 11.8 Å². The van der Waals surface area contributed by atoms with Crippen LogP contribution >= 0.6 is 12.2 Å². The van der Waals surface area contributed by atoms with E-state index in [0.717, 1.165) is 26.2 Å². The first-order valence-electron chi connectivity index (χ1n) is 8.88. The van der Waals surface area contributed by atoms with Gasteiger partial charge in [0.15, 0.2) is 5.11 Å². The molecule has 1 fully saturated rings. The van der Waals surface area contributed by atoms with E-state index in [2.05, 4.69) is 34.9 Å². The fourth-order valence-electron chi connectivity index (χ4n) is 3.08. The van der Waals surface area contributed by atoms with Crippen LogP contribution in [0.2, 0.25) is 0 Å². The highest BCUT2D eigenvalue weighted by Crippen LogP contribution is 2.15. The average Bonchev–Trinajstić information content (AvgIpc) is 2.68. The van der Waals surface area contributed by atoms with Crippen molar-refractivity contribution in [2.45, 2.75) is 12.6 Å². The minimum absolute atomic E-state index is 0.0523. The van der Waals surface area contributed by atoms with E-state index in [1.807, 2.05) is 6.07 Å². The summed E-state index contributed by atoms with van der Waals surface area (Å²) in [5, 5.41) is 17.4. The van der Waals surface area contributed by atoms with Gasteiger partial charge in [-0.15, -0.1) is 0 Å². The number of nitrogens with zero attached hydrogens (tertiary/aromatic N) is 1. The molecule has 0 saturated carbocycles. The Labute approximate surface area is 163 Å². The van der Waals surface area contributed by atoms with Crippen LogP contribution in [0.25, 0.3) is 0 Å². The molecule has 3 N–H and O–H groups in total. The summed E-state index contributed by atoms with van der Waals surface area (Å²) < 4.78 is 5.84. The van der Waals surface area contributed by atoms with E-state index < -0.39 is 4.92 Å². The van der Waals surface area contributed by atoms with Crippen molar-refractivity contribution in [2.24, 2.45) is 0 Å². The van der Waals surface area contributed by atoms with Crippen LogP contribution in [0.3, 0.4) is 0 Å². The van der Waals surface area contributed by atoms with E-state index >= 15 is 0 Å². The lowest BCUT2D eigenvalue weighted by atomic mass is 10.2. The molecular formula is C19H23N4O3S+. The standard InChI is InChI=1S/C19H22N4O3S/c24-23(25)17-8-6-16(7-9-17)21-19(27)20-12-18-14-22(10-11-26-18)13-15-4-2-1-3-5-15/h1-9,18H,10-14H2,(H2,20,21,27)/p+1/t18-/m0/s1. The lowest BCUT2D eigenvalue weighted by Gasteiger charge is -2.30. The van der Waals surface area contributed by atoms with Crippen molar-refractivity contribution >= 4 is 28.7 Å². The van der Waals surface area contributed by atoms with Gasteiger partial charge in [0.05, 0.1) is 11.5 Å². The summed E-state index contributed by atoms with van der Waals surface area (Å²) in [5.41, 5.74) is 2.09. The number of thiocarbonyl (C=S) groups is 1. The van der Waals surface area contributed by atoms with Gasteiger partial charge in [0.2, 0.25) is 0 Å². The lowest BCUT2D eigenvalue weighted by Crippen LogP contribution is -3.13. The summed E-state index contributed by atoms with van der Waals surface area (Å²) in [6, 6.07) is 16.6. The Balaban J connectivity index is 1.43. The second-order valence-electron chi connectivity index (χ2n) is 6.50. The Hall–Kier alpha value is -2.55. The normalized spacial score (nSPS) is 19.3. The molecular weight excluding hydrogens is 364 g/mol. The number of rotatable bonds is 6. The monoisotopic (exact) mass is 387 g/mol. The summed E-state index contributed by atoms with van der Waals surface area (Å²) in [7, 11) is 0. The minimum atomic E-state index is -0.426. The zero-order valence-corrected chi connectivity index (χ0v) is 15.7. The summed E-state index contributed by atoms with van der Waals surface area (Å²) in [4.78, 5) is 11.8. The maximum atomic E-state index is 10.7.